The predicted molar refractivity (Wildman–Crippen MR) is 94.7 cm³/mol. The van der Waals surface area contributed by atoms with Crippen LogP contribution in [0.25, 0.3) is 0 Å². The minimum absolute atomic E-state index is 0.481. The van der Waals surface area contributed by atoms with Gasteiger partial charge in [0.05, 0.1) is 0 Å². The highest BCUT2D eigenvalue weighted by molar-refractivity contribution is 9.09. The van der Waals surface area contributed by atoms with Gasteiger partial charge in [-0.2, -0.15) is 0 Å². The van der Waals surface area contributed by atoms with Gasteiger partial charge in [0.25, 0.3) is 0 Å². The monoisotopic (exact) mass is 394 g/mol. The van der Waals surface area contributed by atoms with Gasteiger partial charge in [0.2, 0.25) is 0 Å². The fourth-order valence-corrected chi connectivity index (χ4v) is 3.56. The van der Waals surface area contributed by atoms with Crippen LogP contribution in [0, 0.1) is 0 Å². The Balaban J connectivity index is 1.69. The maximum atomic E-state index is 3.79. The van der Waals surface area contributed by atoms with Crippen LogP contribution in [0.2, 0.25) is 0 Å². The van der Waals surface area contributed by atoms with E-state index in [2.05, 4.69) is 92.5 Å². The van der Waals surface area contributed by atoms with Crippen molar-refractivity contribution in [2.24, 2.45) is 0 Å². The Bertz CT molecular complexity index is 434. The molecule has 20 heavy (non-hydrogen) atoms. The van der Waals surface area contributed by atoms with Crippen molar-refractivity contribution in [3.05, 3.63) is 71.8 Å². The lowest BCUT2D eigenvalue weighted by Gasteiger charge is -2.12. The third-order valence-electron chi connectivity index (χ3n) is 3.49. The van der Waals surface area contributed by atoms with Gasteiger partial charge in [-0.3, -0.25) is 0 Å². The topological polar surface area (TPSA) is 0 Å². The van der Waals surface area contributed by atoms with E-state index in [0.29, 0.717) is 9.65 Å². The van der Waals surface area contributed by atoms with E-state index in [1.54, 1.807) is 0 Å². The molecule has 2 rings (SSSR count). The lowest BCUT2D eigenvalue weighted by Crippen LogP contribution is -1.93. The van der Waals surface area contributed by atoms with Gasteiger partial charge in [-0.1, -0.05) is 105 Å². The number of hydrogen-bond acceptors (Lipinski definition) is 0. The van der Waals surface area contributed by atoms with Gasteiger partial charge in [0, 0.05) is 9.65 Å². The molecule has 0 N–H and O–H groups in total. The van der Waals surface area contributed by atoms with Crippen LogP contribution >= 0.6 is 31.9 Å². The molecule has 2 aromatic carbocycles. The maximum absolute atomic E-state index is 3.79. The zero-order chi connectivity index (χ0) is 14.2. The van der Waals surface area contributed by atoms with Crippen molar-refractivity contribution < 1.29 is 0 Å². The maximum Gasteiger partial charge on any atom is 0.0395 e. The molecule has 0 fully saturated rings. The molecule has 106 valence electrons. The van der Waals surface area contributed by atoms with E-state index in [1.165, 1.54) is 36.8 Å². The fourth-order valence-electron chi connectivity index (χ4n) is 2.30. The summed E-state index contributed by atoms with van der Waals surface area (Å²) in [5.74, 6) is 0. The lowest BCUT2D eigenvalue weighted by atomic mass is 10.0. The van der Waals surface area contributed by atoms with Gasteiger partial charge >= 0.3 is 0 Å². The average molecular weight is 396 g/mol. The van der Waals surface area contributed by atoms with E-state index in [1.807, 2.05) is 0 Å². The van der Waals surface area contributed by atoms with Crippen LogP contribution in [0.1, 0.15) is 46.5 Å². The van der Waals surface area contributed by atoms with Crippen molar-refractivity contribution >= 4 is 31.9 Å². The van der Waals surface area contributed by atoms with Crippen molar-refractivity contribution in [3.63, 3.8) is 0 Å². The molecule has 2 unspecified atom stereocenters. The molecule has 0 aliphatic heterocycles. The summed E-state index contributed by atoms with van der Waals surface area (Å²) >= 11 is 7.57. The molecule has 0 radical (unpaired) electrons. The van der Waals surface area contributed by atoms with Crippen molar-refractivity contribution in [3.8, 4) is 0 Å². The first-order valence-corrected chi connectivity index (χ1v) is 8.98. The van der Waals surface area contributed by atoms with Crippen LogP contribution in [0.3, 0.4) is 0 Å². The number of hydrogen-bond donors (Lipinski definition) is 0. The summed E-state index contributed by atoms with van der Waals surface area (Å²) in [5.41, 5.74) is 2.76. The van der Waals surface area contributed by atoms with E-state index in [9.17, 15) is 0 Å². The van der Waals surface area contributed by atoms with E-state index in [4.69, 9.17) is 0 Å². The highest BCUT2D eigenvalue weighted by Crippen LogP contribution is 2.31. The molecule has 2 heteroatoms. The summed E-state index contributed by atoms with van der Waals surface area (Å²) in [7, 11) is 0. The van der Waals surface area contributed by atoms with Crippen LogP contribution in [-0.4, -0.2) is 0 Å². The summed E-state index contributed by atoms with van der Waals surface area (Å²) in [6, 6.07) is 21.3. The van der Waals surface area contributed by atoms with E-state index in [-0.39, 0.29) is 0 Å². The van der Waals surface area contributed by atoms with Crippen LogP contribution < -0.4 is 0 Å². The van der Waals surface area contributed by atoms with Gasteiger partial charge in [-0.15, -0.1) is 0 Å². The first-order valence-electron chi connectivity index (χ1n) is 7.15. The molecule has 0 saturated carbocycles. The standard InChI is InChI=1S/C18H20Br2/c19-17(15-9-3-1-4-10-15)13-7-8-14-18(20)16-11-5-2-6-12-16/h1-6,9-12,17-18H,7-8,13-14H2. The molecular formula is C18H20Br2. The molecule has 0 bridgehead atoms. The van der Waals surface area contributed by atoms with Gasteiger partial charge in [-0.25, -0.2) is 0 Å². The lowest BCUT2D eigenvalue weighted by molar-refractivity contribution is 0.636. The average Bonchev–Trinajstić information content (AvgIpc) is 2.53. The molecule has 2 aromatic rings. The third-order valence-corrected chi connectivity index (χ3v) is 5.46. The normalized spacial score (nSPS) is 13.9. The number of alkyl halides is 2. The second kappa shape index (κ2) is 8.63. The van der Waals surface area contributed by atoms with Crippen molar-refractivity contribution in [1.29, 1.82) is 0 Å². The highest BCUT2D eigenvalue weighted by Gasteiger charge is 2.09. The van der Waals surface area contributed by atoms with Crippen LogP contribution in [-0.2, 0) is 0 Å². The van der Waals surface area contributed by atoms with E-state index < -0.39 is 0 Å². The molecule has 0 aliphatic carbocycles. The highest BCUT2D eigenvalue weighted by atomic mass is 79.9. The number of rotatable bonds is 7. The molecule has 0 amide bonds. The number of unbranched alkanes of at least 4 members (excludes halogenated alkanes) is 1. The summed E-state index contributed by atoms with van der Waals surface area (Å²) < 4.78 is 0. The molecule has 0 spiro atoms. The Morgan fingerprint density at radius 3 is 1.30 bits per heavy atom. The minimum Gasteiger partial charge on any atom is -0.0839 e. The Kier molecular flexibility index (Phi) is 6.81. The molecule has 0 aliphatic rings. The zero-order valence-corrected chi connectivity index (χ0v) is 14.7. The molecule has 2 atom stereocenters. The largest absolute Gasteiger partial charge is 0.0839 e. The molecule has 0 saturated heterocycles. The van der Waals surface area contributed by atoms with Gasteiger partial charge in [-0.05, 0) is 24.0 Å². The molecule has 0 heterocycles. The first kappa shape index (κ1) is 15.8. The molecule has 0 aromatic heterocycles. The van der Waals surface area contributed by atoms with Gasteiger partial charge in [0.1, 0.15) is 0 Å². The summed E-state index contributed by atoms with van der Waals surface area (Å²) in [6.07, 6.45) is 4.89. The zero-order valence-electron chi connectivity index (χ0n) is 11.5. The van der Waals surface area contributed by atoms with Crippen molar-refractivity contribution in [2.75, 3.05) is 0 Å². The second-order valence-corrected chi connectivity index (χ2v) is 7.25. The summed E-state index contributed by atoms with van der Waals surface area (Å²) in [5, 5.41) is 0. The van der Waals surface area contributed by atoms with Crippen LogP contribution in [0.15, 0.2) is 60.7 Å². The third kappa shape index (κ3) is 5.06. The Morgan fingerprint density at radius 2 is 0.950 bits per heavy atom. The molecule has 0 nitrogen and oxygen atoms in total. The van der Waals surface area contributed by atoms with Gasteiger partial charge < -0.3 is 0 Å². The smallest absolute Gasteiger partial charge is 0.0395 e. The SMILES string of the molecule is BrC(CCCCC(Br)c1ccccc1)c1ccccc1. The Labute approximate surface area is 138 Å². The quantitative estimate of drug-likeness (QED) is 0.356. The number of benzene rings is 2. The van der Waals surface area contributed by atoms with E-state index >= 15 is 0 Å². The summed E-state index contributed by atoms with van der Waals surface area (Å²) in [4.78, 5) is 0.961. The van der Waals surface area contributed by atoms with Crippen LogP contribution in [0.5, 0.6) is 0 Å². The van der Waals surface area contributed by atoms with Crippen LogP contribution in [0.4, 0.5) is 0 Å². The van der Waals surface area contributed by atoms with Crippen molar-refractivity contribution in [1.82, 2.24) is 0 Å². The summed E-state index contributed by atoms with van der Waals surface area (Å²) in [6.45, 7) is 0. The predicted octanol–water partition coefficient (Wildman–Crippen LogP) is 6.82. The molecular weight excluding hydrogens is 376 g/mol. The minimum atomic E-state index is 0.481. The van der Waals surface area contributed by atoms with E-state index in [0.717, 1.165) is 0 Å². The van der Waals surface area contributed by atoms with Crippen molar-refractivity contribution in [2.45, 2.75) is 35.3 Å². The van der Waals surface area contributed by atoms with Gasteiger partial charge in [0.15, 0.2) is 0 Å². The second-order valence-electron chi connectivity index (χ2n) is 5.04. The Morgan fingerprint density at radius 1 is 0.600 bits per heavy atom. The fraction of sp³-hybridized carbons (Fsp3) is 0.333. The Hall–Kier alpha value is -0.600. The number of halogens is 2. The first-order chi connectivity index (χ1) is 9.77.